The average Bonchev–Trinajstić information content (AvgIpc) is 3.08. The molecule has 1 fully saturated rings. The van der Waals surface area contributed by atoms with Gasteiger partial charge < -0.3 is 4.74 Å². The predicted octanol–water partition coefficient (Wildman–Crippen LogP) is 2.25. The van der Waals surface area contributed by atoms with Gasteiger partial charge in [-0.05, 0) is 31.0 Å². The molecule has 1 aromatic heterocycles. The monoisotopic (exact) mass is 213 g/mol. The molecule has 0 radical (unpaired) electrons. The summed E-state index contributed by atoms with van der Waals surface area (Å²) in [5.41, 5.74) is 2.52. The summed E-state index contributed by atoms with van der Waals surface area (Å²) in [6.07, 6.45) is 2.36. The maximum Gasteiger partial charge on any atom is 0.297 e. The Balaban J connectivity index is 2.26. The highest BCUT2D eigenvalue weighted by molar-refractivity contribution is 5.78. The van der Waals surface area contributed by atoms with Gasteiger partial charge in [-0.25, -0.2) is 0 Å². The molecule has 1 aliphatic carbocycles. The van der Waals surface area contributed by atoms with Crippen LogP contribution in [0.25, 0.3) is 11.0 Å². The standard InChI is InChI=1S/C12H11N3O/c1-16-12-14-10-6-8(7-13)2-5-11(10)15(12)9-3-4-9/h2,5-6,9H,3-4H2,1H3. The van der Waals surface area contributed by atoms with Gasteiger partial charge in [-0.15, -0.1) is 0 Å². The topological polar surface area (TPSA) is 50.8 Å². The second-order valence-corrected chi connectivity index (χ2v) is 4.01. The number of ether oxygens (including phenoxy) is 1. The maximum absolute atomic E-state index is 8.84. The Morgan fingerprint density at radius 1 is 1.50 bits per heavy atom. The summed E-state index contributed by atoms with van der Waals surface area (Å²) in [4.78, 5) is 4.39. The summed E-state index contributed by atoms with van der Waals surface area (Å²) in [6, 6.07) is 8.86. The fourth-order valence-electron chi connectivity index (χ4n) is 1.98. The van der Waals surface area contributed by atoms with E-state index in [2.05, 4.69) is 15.6 Å². The number of hydrogen-bond acceptors (Lipinski definition) is 3. The number of methoxy groups -OCH3 is 1. The van der Waals surface area contributed by atoms with E-state index in [-0.39, 0.29) is 0 Å². The van der Waals surface area contributed by atoms with Crippen molar-refractivity contribution >= 4 is 11.0 Å². The van der Waals surface area contributed by atoms with E-state index in [1.165, 1.54) is 12.8 Å². The summed E-state index contributed by atoms with van der Waals surface area (Å²) in [5, 5.41) is 8.84. The summed E-state index contributed by atoms with van der Waals surface area (Å²) >= 11 is 0. The number of benzene rings is 1. The molecule has 0 bridgehead atoms. The normalized spacial score (nSPS) is 15.0. The summed E-state index contributed by atoms with van der Waals surface area (Å²) < 4.78 is 7.40. The van der Waals surface area contributed by atoms with E-state index in [4.69, 9.17) is 10.00 Å². The molecule has 80 valence electrons. The van der Waals surface area contributed by atoms with Crippen LogP contribution in [0.15, 0.2) is 18.2 Å². The van der Waals surface area contributed by atoms with Crippen LogP contribution in [0, 0.1) is 11.3 Å². The Labute approximate surface area is 93.1 Å². The highest BCUT2D eigenvalue weighted by Crippen LogP contribution is 2.40. The van der Waals surface area contributed by atoms with Crippen LogP contribution in [0.2, 0.25) is 0 Å². The van der Waals surface area contributed by atoms with Gasteiger partial charge in [0.2, 0.25) is 0 Å². The zero-order valence-electron chi connectivity index (χ0n) is 8.97. The van der Waals surface area contributed by atoms with Gasteiger partial charge in [0, 0.05) is 6.04 Å². The van der Waals surface area contributed by atoms with Gasteiger partial charge in [0.25, 0.3) is 6.01 Å². The summed E-state index contributed by atoms with van der Waals surface area (Å²) in [5.74, 6) is 0. The van der Waals surface area contributed by atoms with Crippen molar-refractivity contribution in [2.45, 2.75) is 18.9 Å². The van der Waals surface area contributed by atoms with Gasteiger partial charge >= 0.3 is 0 Å². The number of nitrogens with zero attached hydrogens (tertiary/aromatic N) is 3. The van der Waals surface area contributed by atoms with Gasteiger partial charge in [0.15, 0.2) is 0 Å². The molecule has 0 unspecified atom stereocenters. The SMILES string of the molecule is COc1nc2cc(C#N)ccc2n1C1CC1. The third kappa shape index (κ3) is 1.25. The molecule has 0 spiro atoms. The lowest BCUT2D eigenvalue weighted by atomic mass is 10.2. The van der Waals surface area contributed by atoms with Crippen molar-refractivity contribution in [3.05, 3.63) is 23.8 Å². The van der Waals surface area contributed by atoms with Crippen molar-refractivity contribution in [3.8, 4) is 12.1 Å². The van der Waals surface area contributed by atoms with Crippen molar-refractivity contribution in [1.29, 1.82) is 5.26 Å². The van der Waals surface area contributed by atoms with Crippen LogP contribution in [-0.2, 0) is 0 Å². The molecule has 1 saturated carbocycles. The predicted molar refractivity (Wildman–Crippen MR) is 59.3 cm³/mol. The fourth-order valence-corrected chi connectivity index (χ4v) is 1.98. The van der Waals surface area contributed by atoms with E-state index in [1.807, 2.05) is 12.1 Å². The first kappa shape index (κ1) is 9.22. The first-order valence-electron chi connectivity index (χ1n) is 5.29. The molecule has 0 N–H and O–H groups in total. The third-order valence-electron chi connectivity index (χ3n) is 2.88. The number of rotatable bonds is 2. The Kier molecular flexibility index (Phi) is 1.87. The third-order valence-corrected chi connectivity index (χ3v) is 2.88. The Morgan fingerprint density at radius 2 is 2.31 bits per heavy atom. The fraction of sp³-hybridized carbons (Fsp3) is 0.333. The van der Waals surface area contributed by atoms with E-state index in [0.717, 1.165) is 11.0 Å². The minimum atomic E-state index is 0.521. The van der Waals surface area contributed by atoms with E-state index < -0.39 is 0 Å². The van der Waals surface area contributed by atoms with Crippen LogP contribution in [0.1, 0.15) is 24.4 Å². The van der Waals surface area contributed by atoms with Gasteiger partial charge in [-0.2, -0.15) is 10.2 Å². The molecule has 0 saturated heterocycles. The zero-order chi connectivity index (χ0) is 11.1. The summed E-state index contributed by atoms with van der Waals surface area (Å²) in [7, 11) is 1.63. The lowest BCUT2D eigenvalue weighted by molar-refractivity contribution is 0.360. The molecule has 1 aliphatic rings. The average molecular weight is 213 g/mol. The molecule has 0 aliphatic heterocycles. The van der Waals surface area contributed by atoms with Gasteiger partial charge in [0.1, 0.15) is 0 Å². The van der Waals surface area contributed by atoms with Gasteiger partial charge in [-0.1, -0.05) is 0 Å². The highest BCUT2D eigenvalue weighted by Gasteiger charge is 2.28. The molecular weight excluding hydrogens is 202 g/mol. The maximum atomic E-state index is 8.84. The van der Waals surface area contributed by atoms with E-state index in [9.17, 15) is 0 Å². The zero-order valence-corrected chi connectivity index (χ0v) is 8.97. The smallest absolute Gasteiger partial charge is 0.297 e. The van der Waals surface area contributed by atoms with Crippen LogP contribution in [0.3, 0.4) is 0 Å². The molecule has 1 aromatic carbocycles. The van der Waals surface area contributed by atoms with Crippen molar-refractivity contribution in [1.82, 2.24) is 9.55 Å². The minimum absolute atomic E-state index is 0.521. The van der Waals surface area contributed by atoms with Crippen LogP contribution in [0.4, 0.5) is 0 Å². The van der Waals surface area contributed by atoms with Crippen LogP contribution in [-0.4, -0.2) is 16.7 Å². The van der Waals surface area contributed by atoms with E-state index in [0.29, 0.717) is 17.6 Å². The molecule has 4 nitrogen and oxygen atoms in total. The number of nitriles is 1. The molecule has 0 atom stereocenters. The van der Waals surface area contributed by atoms with Crippen LogP contribution >= 0.6 is 0 Å². The van der Waals surface area contributed by atoms with Crippen LogP contribution < -0.4 is 4.74 Å². The second-order valence-electron chi connectivity index (χ2n) is 4.01. The van der Waals surface area contributed by atoms with Gasteiger partial charge in [0.05, 0.1) is 29.8 Å². The summed E-state index contributed by atoms with van der Waals surface area (Å²) in [6.45, 7) is 0. The highest BCUT2D eigenvalue weighted by atomic mass is 16.5. The molecule has 2 aromatic rings. The minimum Gasteiger partial charge on any atom is -0.468 e. The van der Waals surface area contributed by atoms with E-state index in [1.54, 1.807) is 13.2 Å². The number of aromatic nitrogens is 2. The number of fused-ring (bicyclic) bond motifs is 1. The molecule has 1 heterocycles. The van der Waals surface area contributed by atoms with Crippen molar-refractivity contribution in [2.75, 3.05) is 7.11 Å². The lowest BCUT2D eigenvalue weighted by Crippen LogP contribution is -1.97. The lowest BCUT2D eigenvalue weighted by Gasteiger charge is -2.04. The number of imidazole rings is 1. The van der Waals surface area contributed by atoms with Crippen LogP contribution in [0.5, 0.6) is 6.01 Å². The Hall–Kier alpha value is -2.02. The Morgan fingerprint density at radius 3 is 2.94 bits per heavy atom. The molecule has 3 rings (SSSR count). The van der Waals surface area contributed by atoms with E-state index >= 15 is 0 Å². The van der Waals surface area contributed by atoms with Crippen molar-refractivity contribution in [3.63, 3.8) is 0 Å². The molecule has 16 heavy (non-hydrogen) atoms. The molecule has 0 amide bonds. The second kappa shape index (κ2) is 3.24. The van der Waals surface area contributed by atoms with Crippen molar-refractivity contribution < 1.29 is 4.74 Å². The Bertz CT molecular complexity index is 590. The molecule has 4 heteroatoms. The first-order chi connectivity index (χ1) is 7.83. The quantitative estimate of drug-likeness (QED) is 0.768. The number of hydrogen-bond donors (Lipinski definition) is 0. The first-order valence-corrected chi connectivity index (χ1v) is 5.29. The molecular formula is C12H11N3O. The van der Waals surface area contributed by atoms with Crippen molar-refractivity contribution in [2.24, 2.45) is 0 Å². The van der Waals surface area contributed by atoms with Gasteiger partial charge in [-0.3, -0.25) is 4.57 Å². The largest absolute Gasteiger partial charge is 0.468 e.